The van der Waals surface area contributed by atoms with Gasteiger partial charge in [0.05, 0.1) is 12.7 Å². The second kappa shape index (κ2) is 8.62. The molecule has 1 unspecified atom stereocenters. The van der Waals surface area contributed by atoms with Crippen LogP contribution < -0.4 is 14.8 Å². The standard InChI is InChI=1S/C21H22F4N2O4/c1-4-27(13(2)11-14-5-8-16(29-3)9-6-14)19(28)26-15-7-10-18-17(12-15)20(22,23)31-21(24,25)30-18/h5-10,12-13H,4,11H2,1-3H3,(H,26,28). The summed E-state index contributed by atoms with van der Waals surface area (Å²) in [5.41, 5.74) is 0.0877. The fraction of sp³-hybridized carbons (Fsp3) is 0.381. The second-order valence-electron chi connectivity index (χ2n) is 7.01. The highest BCUT2D eigenvalue weighted by Gasteiger charge is 2.54. The molecule has 3 rings (SSSR count). The first-order chi connectivity index (χ1) is 14.5. The molecule has 1 heterocycles. The highest BCUT2D eigenvalue weighted by molar-refractivity contribution is 5.89. The van der Waals surface area contributed by atoms with Gasteiger partial charge in [0.15, 0.2) is 0 Å². The van der Waals surface area contributed by atoms with E-state index in [1.165, 1.54) is 11.0 Å². The van der Waals surface area contributed by atoms with Crippen LogP contribution in [0.4, 0.5) is 28.0 Å². The molecule has 0 spiro atoms. The molecule has 1 atom stereocenters. The van der Waals surface area contributed by atoms with Gasteiger partial charge in [-0.15, -0.1) is 8.78 Å². The number of ether oxygens (including phenoxy) is 3. The van der Waals surface area contributed by atoms with E-state index in [2.05, 4.69) is 14.8 Å². The average molecular weight is 442 g/mol. The van der Waals surface area contributed by atoms with Crippen LogP contribution in [-0.2, 0) is 17.3 Å². The summed E-state index contributed by atoms with van der Waals surface area (Å²) < 4.78 is 66.9. The summed E-state index contributed by atoms with van der Waals surface area (Å²) in [6, 6.07) is 9.69. The Kier molecular flexibility index (Phi) is 6.30. The van der Waals surface area contributed by atoms with E-state index in [0.29, 0.717) is 13.0 Å². The number of benzene rings is 2. The molecule has 31 heavy (non-hydrogen) atoms. The van der Waals surface area contributed by atoms with Crippen molar-refractivity contribution in [1.82, 2.24) is 4.90 Å². The summed E-state index contributed by atoms with van der Waals surface area (Å²) in [4.78, 5) is 14.3. The van der Waals surface area contributed by atoms with Crippen LogP contribution in [0, 0.1) is 0 Å². The lowest BCUT2D eigenvalue weighted by atomic mass is 10.1. The fourth-order valence-corrected chi connectivity index (χ4v) is 3.34. The molecule has 1 aliphatic rings. The minimum atomic E-state index is -4.45. The number of methoxy groups -OCH3 is 1. The first-order valence-electron chi connectivity index (χ1n) is 9.54. The van der Waals surface area contributed by atoms with Crippen molar-refractivity contribution in [2.24, 2.45) is 0 Å². The zero-order valence-corrected chi connectivity index (χ0v) is 17.1. The van der Waals surface area contributed by atoms with Gasteiger partial charge in [-0.1, -0.05) is 12.1 Å². The number of halogens is 4. The van der Waals surface area contributed by atoms with Gasteiger partial charge in [-0.25, -0.2) is 9.53 Å². The topological polar surface area (TPSA) is 60.0 Å². The normalized spacial score (nSPS) is 17.1. The van der Waals surface area contributed by atoms with Crippen LogP contribution >= 0.6 is 0 Å². The number of hydrogen-bond donors (Lipinski definition) is 1. The van der Waals surface area contributed by atoms with E-state index in [1.807, 2.05) is 31.2 Å². The lowest BCUT2D eigenvalue weighted by Crippen LogP contribution is -2.43. The summed E-state index contributed by atoms with van der Waals surface area (Å²) >= 11 is 0. The van der Waals surface area contributed by atoms with Gasteiger partial charge in [0, 0.05) is 18.3 Å². The van der Waals surface area contributed by atoms with Gasteiger partial charge in [-0.2, -0.15) is 8.78 Å². The Morgan fingerprint density at radius 2 is 1.84 bits per heavy atom. The molecule has 2 aromatic rings. The maximum Gasteiger partial charge on any atom is 0.540 e. The molecule has 10 heteroatoms. The number of rotatable bonds is 6. The molecule has 0 saturated carbocycles. The molecule has 0 radical (unpaired) electrons. The number of carbonyl (C=O) groups is 1. The molecule has 1 N–H and O–H groups in total. The van der Waals surface area contributed by atoms with Gasteiger partial charge in [0.1, 0.15) is 11.5 Å². The Balaban J connectivity index is 1.72. The van der Waals surface area contributed by atoms with Gasteiger partial charge >= 0.3 is 18.4 Å². The Bertz CT molecular complexity index is 937. The number of likely N-dealkylation sites (N-methyl/N-ethyl adjacent to an activating group) is 1. The third kappa shape index (κ3) is 5.19. The lowest BCUT2D eigenvalue weighted by Gasteiger charge is -2.31. The molecule has 168 valence electrons. The third-order valence-electron chi connectivity index (χ3n) is 4.84. The molecule has 0 bridgehead atoms. The first kappa shape index (κ1) is 22.7. The van der Waals surface area contributed by atoms with Crippen molar-refractivity contribution >= 4 is 11.7 Å². The summed E-state index contributed by atoms with van der Waals surface area (Å²) in [5.74, 6) is -0.00380. The molecule has 1 aliphatic heterocycles. The number of amides is 2. The Hall–Kier alpha value is -3.01. The van der Waals surface area contributed by atoms with E-state index in [4.69, 9.17) is 4.74 Å². The molecule has 2 aromatic carbocycles. The summed E-state index contributed by atoms with van der Waals surface area (Å²) in [6.07, 6.45) is -8.16. The molecular weight excluding hydrogens is 420 g/mol. The Morgan fingerprint density at radius 1 is 1.16 bits per heavy atom. The van der Waals surface area contributed by atoms with Crippen molar-refractivity contribution in [2.75, 3.05) is 19.0 Å². The molecule has 0 aromatic heterocycles. The highest BCUT2D eigenvalue weighted by Crippen LogP contribution is 2.46. The Labute approximate surface area is 176 Å². The van der Waals surface area contributed by atoms with Crippen LogP contribution in [0.1, 0.15) is 25.0 Å². The van der Waals surface area contributed by atoms with Crippen LogP contribution in [-0.4, -0.2) is 36.9 Å². The van der Waals surface area contributed by atoms with Crippen molar-refractivity contribution < 1.29 is 36.6 Å². The predicted molar refractivity (Wildman–Crippen MR) is 105 cm³/mol. The van der Waals surface area contributed by atoms with Gasteiger partial charge < -0.3 is 19.7 Å². The largest absolute Gasteiger partial charge is 0.540 e. The molecule has 0 fully saturated rings. The van der Waals surface area contributed by atoms with Crippen molar-refractivity contribution in [3.8, 4) is 11.5 Å². The van der Waals surface area contributed by atoms with Gasteiger partial charge in [0.2, 0.25) is 0 Å². The molecule has 2 amide bonds. The number of urea groups is 1. The van der Waals surface area contributed by atoms with Crippen LogP contribution in [0.5, 0.6) is 11.5 Å². The minimum absolute atomic E-state index is 0.00376. The van der Waals surface area contributed by atoms with Crippen molar-refractivity contribution in [1.29, 1.82) is 0 Å². The monoisotopic (exact) mass is 442 g/mol. The van der Waals surface area contributed by atoms with Crippen LogP contribution in [0.2, 0.25) is 0 Å². The van der Waals surface area contributed by atoms with E-state index in [9.17, 15) is 22.4 Å². The van der Waals surface area contributed by atoms with Crippen molar-refractivity contribution in [3.63, 3.8) is 0 Å². The van der Waals surface area contributed by atoms with Crippen molar-refractivity contribution in [2.45, 2.75) is 38.7 Å². The Morgan fingerprint density at radius 3 is 2.45 bits per heavy atom. The highest BCUT2D eigenvalue weighted by atomic mass is 19.3. The third-order valence-corrected chi connectivity index (χ3v) is 4.84. The number of alkyl halides is 4. The molecular formula is C21H22F4N2O4. The molecule has 0 saturated heterocycles. The predicted octanol–water partition coefficient (Wildman–Crippen LogP) is 5.19. The maximum absolute atomic E-state index is 13.9. The smallest absolute Gasteiger partial charge is 0.497 e. The molecule has 6 nitrogen and oxygen atoms in total. The number of nitrogens with one attached hydrogen (secondary N) is 1. The molecule has 0 aliphatic carbocycles. The van der Waals surface area contributed by atoms with Gasteiger partial charge in [-0.3, -0.25) is 0 Å². The fourth-order valence-electron chi connectivity index (χ4n) is 3.34. The van der Waals surface area contributed by atoms with Crippen LogP contribution in [0.3, 0.4) is 0 Å². The summed E-state index contributed by atoms with van der Waals surface area (Å²) in [6.45, 7) is 4.01. The number of fused-ring (bicyclic) bond motifs is 1. The number of carbonyl (C=O) groups excluding carboxylic acids is 1. The number of hydrogen-bond acceptors (Lipinski definition) is 4. The zero-order valence-electron chi connectivity index (χ0n) is 17.1. The van der Waals surface area contributed by atoms with Gasteiger partial charge in [0.25, 0.3) is 0 Å². The summed E-state index contributed by atoms with van der Waals surface area (Å²) in [7, 11) is 1.57. The average Bonchev–Trinajstić information content (AvgIpc) is 2.68. The van der Waals surface area contributed by atoms with Crippen molar-refractivity contribution in [3.05, 3.63) is 53.6 Å². The minimum Gasteiger partial charge on any atom is -0.497 e. The van der Waals surface area contributed by atoms with E-state index in [0.717, 1.165) is 23.4 Å². The number of nitrogens with zero attached hydrogens (tertiary/aromatic N) is 1. The lowest BCUT2D eigenvalue weighted by molar-refractivity contribution is -0.461. The van der Waals surface area contributed by atoms with Crippen LogP contribution in [0.25, 0.3) is 0 Å². The van der Waals surface area contributed by atoms with Gasteiger partial charge in [-0.05, 0) is 56.2 Å². The number of anilines is 1. The maximum atomic E-state index is 13.9. The quantitative estimate of drug-likeness (QED) is 0.626. The van der Waals surface area contributed by atoms with E-state index >= 15 is 0 Å². The van der Waals surface area contributed by atoms with E-state index < -0.39 is 29.7 Å². The second-order valence-corrected chi connectivity index (χ2v) is 7.01. The first-order valence-corrected chi connectivity index (χ1v) is 9.54. The van der Waals surface area contributed by atoms with E-state index in [1.54, 1.807) is 14.0 Å². The SMILES string of the molecule is CCN(C(=O)Nc1ccc2c(c1)C(F)(F)OC(F)(F)O2)C(C)Cc1ccc(OC)cc1. The van der Waals surface area contributed by atoms with E-state index in [-0.39, 0.29) is 11.7 Å². The zero-order chi connectivity index (χ0) is 22.8. The van der Waals surface area contributed by atoms with Crippen LogP contribution in [0.15, 0.2) is 42.5 Å². The summed E-state index contributed by atoms with van der Waals surface area (Å²) in [5, 5.41) is 2.52.